The Morgan fingerprint density at radius 3 is 2.67 bits per heavy atom. The second-order valence-corrected chi connectivity index (χ2v) is 7.61. The van der Waals surface area contributed by atoms with Crippen LogP contribution in [0.25, 0.3) is 0 Å². The van der Waals surface area contributed by atoms with E-state index < -0.39 is 0 Å². The van der Waals surface area contributed by atoms with Crippen LogP contribution < -0.4 is 0 Å². The minimum atomic E-state index is 0.690. The Balaban J connectivity index is 1.80. The van der Waals surface area contributed by atoms with E-state index in [1.165, 1.54) is 37.0 Å². The summed E-state index contributed by atoms with van der Waals surface area (Å²) < 4.78 is 0. The van der Waals surface area contributed by atoms with Gasteiger partial charge in [0.15, 0.2) is 0 Å². The minimum absolute atomic E-state index is 0.690. The van der Waals surface area contributed by atoms with Gasteiger partial charge < -0.3 is 0 Å². The fourth-order valence-corrected chi connectivity index (χ4v) is 5.01. The number of benzene rings is 1. The predicted octanol–water partition coefficient (Wildman–Crippen LogP) is 6.46. The maximum absolute atomic E-state index is 2.47. The molecule has 0 bridgehead atoms. The SMILES string of the molecule is CCC[C@H]1CCCC2C1=CC=C(Sc1ccccc1)C2C. The highest BCUT2D eigenvalue weighted by molar-refractivity contribution is 8.03. The molecule has 0 saturated heterocycles. The van der Waals surface area contributed by atoms with Crippen molar-refractivity contribution in [2.75, 3.05) is 0 Å². The molecule has 1 heteroatoms. The number of hydrogen-bond donors (Lipinski definition) is 0. The number of fused-ring (bicyclic) bond motifs is 1. The molecule has 0 nitrogen and oxygen atoms in total. The van der Waals surface area contributed by atoms with Gasteiger partial charge in [0, 0.05) is 4.90 Å². The first-order valence-electron chi connectivity index (χ1n) is 8.44. The number of thioether (sulfide) groups is 1. The van der Waals surface area contributed by atoms with Gasteiger partial charge in [-0.05, 0) is 54.1 Å². The number of allylic oxidation sites excluding steroid dienone is 4. The van der Waals surface area contributed by atoms with Crippen molar-refractivity contribution >= 4 is 11.8 Å². The molecule has 0 spiro atoms. The maximum Gasteiger partial charge on any atom is 0.0119 e. The molecule has 0 aromatic heterocycles. The van der Waals surface area contributed by atoms with E-state index in [4.69, 9.17) is 0 Å². The Morgan fingerprint density at radius 2 is 1.90 bits per heavy atom. The Morgan fingerprint density at radius 1 is 1.10 bits per heavy atom. The van der Waals surface area contributed by atoms with Gasteiger partial charge in [0.2, 0.25) is 0 Å². The minimum Gasteiger partial charge on any atom is -0.0943 e. The van der Waals surface area contributed by atoms with Crippen LogP contribution in [0.3, 0.4) is 0 Å². The maximum atomic E-state index is 2.47. The van der Waals surface area contributed by atoms with Gasteiger partial charge in [-0.1, -0.05) is 74.4 Å². The van der Waals surface area contributed by atoms with Gasteiger partial charge in [-0.25, -0.2) is 0 Å². The summed E-state index contributed by atoms with van der Waals surface area (Å²) >= 11 is 1.96. The van der Waals surface area contributed by atoms with E-state index in [-0.39, 0.29) is 0 Å². The molecule has 1 saturated carbocycles. The Labute approximate surface area is 133 Å². The van der Waals surface area contributed by atoms with Crippen molar-refractivity contribution in [1.82, 2.24) is 0 Å². The van der Waals surface area contributed by atoms with Crippen molar-refractivity contribution in [2.24, 2.45) is 17.8 Å². The van der Waals surface area contributed by atoms with E-state index in [9.17, 15) is 0 Å². The molecule has 112 valence electrons. The lowest BCUT2D eigenvalue weighted by atomic mass is 9.68. The molecule has 2 unspecified atom stereocenters. The highest BCUT2D eigenvalue weighted by Crippen LogP contribution is 2.48. The second-order valence-electron chi connectivity index (χ2n) is 6.46. The van der Waals surface area contributed by atoms with Gasteiger partial charge in [0.1, 0.15) is 0 Å². The van der Waals surface area contributed by atoms with Gasteiger partial charge in [-0.15, -0.1) is 0 Å². The van der Waals surface area contributed by atoms with Crippen LogP contribution in [0.15, 0.2) is 57.9 Å². The molecule has 3 atom stereocenters. The predicted molar refractivity (Wildman–Crippen MR) is 93.4 cm³/mol. The van der Waals surface area contributed by atoms with E-state index in [0.29, 0.717) is 5.92 Å². The van der Waals surface area contributed by atoms with Crippen LogP contribution in [0.5, 0.6) is 0 Å². The van der Waals surface area contributed by atoms with Crippen molar-refractivity contribution in [2.45, 2.75) is 50.8 Å². The van der Waals surface area contributed by atoms with Crippen LogP contribution in [0.4, 0.5) is 0 Å². The van der Waals surface area contributed by atoms with Gasteiger partial charge in [0.05, 0.1) is 0 Å². The Hall–Kier alpha value is -0.950. The molecule has 0 N–H and O–H groups in total. The molecule has 0 amide bonds. The Kier molecular flexibility index (Phi) is 4.90. The zero-order valence-electron chi connectivity index (χ0n) is 13.2. The summed E-state index contributed by atoms with van der Waals surface area (Å²) in [5, 5.41) is 0. The summed E-state index contributed by atoms with van der Waals surface area (Å²) in [6.07, 6.45) is 11.8. The third kappa shape index (κ3) is 3.29. The topological polar surface area (TPSA) is 0 Å². The average Bonchev–Trinajstić information content (AvgIpc) is 2.52. The molecule has 2 aliphatic carbocycles. The number of hydrogen-bond acceptors (Lipinski definition) is 1. The van der Waals surface area contributed by atoms with Crippen molar-refractivity contribution in [3.63, 3.8) is 0 Å². The fraction of sp³-hybridized carbons (Fsp3) is 0.500. The monoisotopic (exact) mass is 298 g/mol. The molecular weight excluding hydrogens is 272 g/mol. The fourth-order valence-electron chi connectivity index (χ4n) is 3.96. The van der Waals surface area contributed by atoms with Gasteiger partial charge in [0.25, 0.3) is 0 Å². The van der Waals surface area contributed by atoms with E-state index in [1.54, 1.807) is 10.5 Å². The van der Waals surface area contributed by atoms with E-state index >= 15 is 0 Å². The first-order chi connectivity index (χ1) is 10.3. The molecule has 2 aliphatic rings. The molecular formula is C20H26S. The zero-order chi connectivity index (χ0) is 14.7. The standard InChI is InChI=1S/C20H26S/c1-3-8-16-9-7-12-18-15(2)20(14-13-19(16)18)21-17-10-5-4-6-11-17/h4-6,10-11,13-16,18H,3,7-9,12H2,1-2H3/t15?,16-,18?/m0/s1. The summed E-state index contributed by atoms with van der Waals surface area (Å²) in [6.45, 7) is 4.76. The van der Waals surface area contributed by atoms with Crippen LogP contribution in [0.1, 0.15) is 46.0 Å². The number of rotatable bonds is 4. The first-order valence-corrected chi connectivity index (χ1v) is 9.25. The molecule has 3 rings (SSSR count). The molecule has 21 heavy (non-hydrogen) atoms. The third-order valence-electron chi connectivity index (χ3n) is 5.08. The van der Waals surface area contributed by atoms with Crippen LogP contribution in [-0.2, 0) is 0 Å². The molecule has 1 aromatic rings. The highest BCUT2D eigenvalue weighted by atomic mass is 32.2. The van der Waals surface area contributed by atoms with Gasteiger partial charge in [-0.3, -0.25) is 0 Å². The lowest BCUT2D eigenvalue weighted by molar-refractivity contribution is 0.304. The lowest BCUT2D eigenvalue weighted by Gasteiger charge is -2.39. The van der Waals surface area contributed by atoms with E-state index in [0.717, 1.165) is 11.8 Å². The summed E-state index contributed by atoms with van der Waals surface area (Å²) in [5.74, 6) is 2.34. The zero-order valence-corrected chi connectivity index (χ0v) is 14.0. The van der Waals surface area contributed by atoms with Crippen LogP contribution in [-0.4, -0.2) is 0 Å². The van der Waals surface area contributed by atoms with Gasteiger partial charge >= 0.3 is 0 Å². The average molecular weight is 298 g/mol. The first kappa shape index (κ1) is 15.0. The normalized spacial score (nSPS) is 28.6. The quantitative estimate of drug-likeness (QED) is 0.615. The van der Waals surface area contributed by atoms with Crippen LogP contribution >= 0.6 is 11.8 Å². The van der Waals surface area contributed by atoms with E-state index in [1.807, 2.05) is 11.8 Å². The summed E-state index contributed by atoms with van der Waals surface area (Å²) in [5.41, 5.74) is 1.76. The molecule has 0 radical (unpaired) electrons. The van der Waals surface area contributed by atoms with Crippen molar-refractivity contribution in [1.29, 1.82) is 0 Å². The molecule has 1 aromatic carbocycles. The Bertz CT molecular complexity index is 524. The smallest absolute Gasteiger partial charge is 0.0119 e. The van der Waals surface area contributed by atoms with Gasteiger partial charge in [-0.2, -0.15) is 0 Å². The van der Waals surface area contributed by atoms with Crippen LogP contribution in [0.2, 0.25) is 0 Å². The molecule has 1 fully saturated rings. The largest absolute Gasteiger partial charge is 0.0943 e. The van der Waals surface area contributed by atoms with Crippen molar-refractivity contribution in [3.8, 4) is 0 Å². The van der Waals surface area contributed by atoms with Crippen molar-refractivity contribution in [3.05, 3.63) is 53.0 Å². The third-order valence-corrected chi connectivity index (χ3v) is 6.33. The lowest BCUT2D eigenvalue weighted by Crippen LogP contribution is -2.27. The van der Waals surface area contributed by atoms with Crippen molar-refractivity contribution < 1.29 is 0 Å². The summed E-state index contributed by atoms with van der Waals surface area (Å²) in [4.78, 5) is 2.92. The van der Waals surface area contributed by atoms with Crippen LogP contribution in [0, 0.1) is 17.8 Å². The second kappa shape index (κ2) is 6.87. The van der Waals surface area contributed by atoms with E-state index in [2.05, 4.69) is 56.3 Å². The summed E-state index contributed by atoms with van der Waals surface area (Å²) in [6, 6.07) is 10.8. The molecule has 0 aliphatic heterocycles. The summed E-state index contributed by atoms with van der Waals surface area (Å²) in [7, 11) is 0. The molecule has 0 heterocycles. The highest BCUT2D eigenvalue weighted by Gasteiger charge is 2.33.